The van der Waals surface area contributed by atoms with Crippen molar-refractivity contribution in [2.75, 3.05) is 13.2 Å². The third kappa shape index (κ3) is 2.63. The second-order valence-corrected chi connectivity index (χ2v) is 4.95. The molecule has 1 aromatic carbocycles. The first-order valence-electron chi connectivity index (χ1n) is 6.75. The van der Waals surface area contributed by atoms with Crippen LogP contribution in [0, 0.1) is 5.92 Å². The largest absolute Gasteiger partial charge is 0.493 e. The molecule has 0 bridgehead atoms. The molecule has 1 aliphatic rings. The fourth-order valence-corrected chi connectivity index (χ4v) is 2.43. The van der Waals surface area contributed by atoms with E-state index in [0.29, 0.717) is 12.0 Å². The van der Waals surface area contributed by atoms with Crippen LogP contribution < -0.4 is 10.1 Å². The van der Waals surface area contributed by atoms with E-state index in [0.717, 1.165) is 25.3 Å². The first kappa shape index (κ1) is 12.4. The first-order chi connectivity index (χ1) is 8.26. The van der Waals surface area contributed by atoms with E-state index >= 15 is 0 Å². The SMILES string of the molecule is CCCNC1c2cc(CC)ccc2OCC1C. The first-order valence-corrected chi connectivity index (χ1v) is 6.75. The summed E-state index contributed by atoms with van der Waals surface area (Å²) in [5.41, 5.74) is 2.74. The average Bonchev–Trinajstić information content (AvgIpc) is 2.37. The maximum atomic E-state index is 5.81. The lowest BCUT2D eigenvalue weighted by molar-refractivity contribution is 0.189. The standard InChI is InChI=1S/C15H23NO/c1-4-8-16-15-11(3)10-17-14-7-6-12(5-2)9-13(14)15/h6-7,9,11,15-16H,4-5,8,10H2,1-3H3. The van der Waals surface area contributed by atoms with Crippen LogP contribution in [0.15, 0.2) is 18.2 Å². The molecule has 2 unspecified atom stereocenters. The molecule has 0 fully saturated rings. The number of benzene rings is 1. The van der Waals surface area contributed by atoms with Crippen LogP contribution >= 0.6 is 0 Å². The Bertz CT molecular complexity index is 375. The van der Waals surface area contributed by atoms with Gasteiger partial charge in [0, 0.05) is 17.5 Å². The Morgan fingerprint density at radius 2 is 2.18 bits per heavy atom. The smallest absolute Gasteiger partial charge is 0.124 e. The van der Waals surface area contributed by atoms with Crippen molar-refractivity contribution in [3.05, 3.63) is 29.3 Å². The molecule has 2 atom stereocenters. The Labute approximate surface area is 104 Å². The molecule has 0 aromatic heterocycles. The second-order valence-electron chi connectivity index (χ2n) is 4.95. The van der Waals surface area contributed by atoms with Gasteiger partial charge in [-0.2, -0.15) is 0 Å². The minimum absolute atomic E-state index is 0.449. The molecule has 0 amide bonds. The fourth-order valence-electron chi connectivity index (χ4n) is 2.43. The summed E-state index contributed by atoms with van der Waals surface area (Å²) in [6.45, 7) is 8.56. The van der Waals surface area contributed by atoms with E-state index in [9.17, 15) is 0 Å². The number of aryl methyl sites for hydroxylation is 1. The molecule has 1 heterocycles. The summed E-state index contributed by atoms with van der Waals surface area (Å²) in [4.78, 5) is 0. The van der Waals surface area contributed by atoms with E-state index in [1.807, 2.05) is 0 Å². The zero-order valence-electron chi connectivity index (χ0n) is 11.1. The molecule has 0 radical (unpaired) electrons. The van der Waals surface area contributed by atoms with Crippen LogP contribution in [0.5, 0.6) is 5.75 Å². The lowest BCUT2D eigenvalue weighted by atomic mass is 9.90. The van der Waals surface area contributed by atoms with E-state index < -0.39 is 0 Å². The maximum Gasteiger partial charge on any atom is 0.124 e. The third-order valence-corrected chi connectivity index (χ3v) is 3.50. The molecular weight excluding hydrogens is 210 g/mol. The summed E-state index contributed by atoms with van der Waals surface area (Å²) in [5, 5.41) is 3.65. The number of hydrogen-bond donors (Lipinski definition) is 1. The van der Waals surface area contributed by atoms with Gasteiger partial charge in [0.15, 0.2) is 0 Å². The summed E-state index contributed by atoms with van der Waals surface area (Å²) < 4.78 is 5.81. The summed E-state index contributed by atoms with van der Waals surface area (Å²) in [7, 11) is 0. The summed E-state index contributed by atoms with van der Waals surface area (Å²) in [5.74, 6) is 1.61. The van der Waals surface area contributed by atoms with E-state index in [1.165, 1.54) is 17.5 Å². The van der Waals surface area contributed by atoms with E-state index in [4.69, 9.17) is 4.74 Å². The number of rotatable bonds is 4. The zero-order chi connectivity index (χ0) is 12.3. The molecule has 1 aliphatic heterocycles. The number of nitrogens with one attached hydrogen (secondary N) is 1. The van der Waals surface area contributed by atoms with Gasteiger partial charge in [-0.1, -0.05) is 32.9 Å². The van der Waals surface area contributed by atoms with Gasteiger partial charge in [0.05, 0.1) is 6.61 Å². The maximum absolute atomic E-state index is 5.81. The van der Waals surface area contributed by atoms with Gasteiger partial charge in [0.25, 0.3) is 0 Å². The van der Waals surface area contributed by atoms with E-state index in [1.54, 1.807) is 0 Å². The van der Waals surface area contributed by atoms with Crippen LogP contribution in [0.25, 0.3) is 0 Å². The van der Waals surface area contributed by atoms with Crippen molar-refractivity contribution in [3.63, 3.8) is 0 Å². The zero-order valence-corrected chi connectivity index (χ0v) is 11.1. The second kappa shape index (κ2) is 5.54. The Kier molecular flexibility index (Phi) is 4.06. The van der Waals surface area contributed by atoms with Gasteiger partial charge in [0.1, 0.15) is 5.75 Å². The average molecular weight is 233 g/mol. The van der Waals surface area contributed by atoms with Crippen LogP contribution in [-0.4, -0.2) is 13.2 Å². The lowest BCUT2D eigenvalue weighted by Crippen LogP contribution is -2.34. The van der Waals surface area contributed by atoms with Crippen molar-refractivity contribution < 1.29 is 4.74 Å². The summed E-state index contributed by atoms with van der Waals surface area (Å²) >= 11 is 0. The molecule has 2 heteroatoms. The van der Waals surface area contributed by atoms with Gasteiger partial charge in [-0.15, -0.1) is 0 Å². The predicted molar refractivity (Wildman–Crippen MR) is 71.5 cm³/mol. The van der Waals surface area contributed by atoms with Crippen LogP contribution in [0.3, 0.4) is 0 Å². The quantitative estimate of drug-likeness (QED) is 0.861. The third-order valence-electron chi connectivity index (χ3n) is 3.50. The molecule has 94 valence electrons. The van der Waals surface area contributed by atoms with Crippen molar-refractivity contribution in [1.82, 2.24) is 5.32 Å². The number of hydrogen-bond acceptors (Lipinski definition) is 2. The molecule has 2 nitrogen and oxygen atoms in total. The van der Waals surface area contributed by atoms with Gasteiger partial charge in [-0.3, -0.25) is 0 Å². The van der Waals surface area contributed by atoms with Gasteiger partial charge < -0.3 is 10.1 Å². The summed E-state index contributed by atoms with van der Waals surface area (Å²) in [6, 6.07) is 7.05. The molecule has 1 N–H and O–H groups in total. The molecule has 0 aliphatic carbocycles. The molecule has 1 aromatic rings. The Hall–Kier alpha value is -1.02. The highest BCUT2D eigenvalue weighted by atomic mass is 16.5. The molecule has 17 heavy (non-hydrogen) atoms. The minimum atomic E-state index is 0.449. The van der Waals surface area contributed by atoms with E-state index in [2.05, 4.69) is 44.3 Å². The lowest BCUT2D eigenvalue weighted by Gasteiger charge is -2.32. The van der Waals surface area contributed by atoms with Gasteiger partial charge in [0.2, 0.25) is 0 Å². The topological polar surface area (TPSA) is 21.3 Å². The van der Waals surface area contributed by atoms with Crippen molar-refractivity contribution in [3.8, 4) is 5.75 Å². The normalized spacial score (nSPS) is 23.0. The minimum Gasteiger partial charge on any atom is -0.493 e. The monoisotopic (exact) mass is 233 g/mol. The molecule has 2 rings (SSSR count). The van der Waals surface area contributed by atoms with Crippen LogP contribution in [0.1, 0.15) is 44.4 Å². The van der Waals surface area contributed by atoms with Crippen molar-refractivity contribution in [1.29, 1.82) is 0 Å². The van der Waals surface area contributed by atoms with Crippen molar-refractivity contribution in [2.24, 2.45) is 5.92 Å². The van der Waals surface area contributed by atoms with Crippen molar-refractivity contribution >= 4 is 0 Å². The predicted octanol–water partition coefficient (Wildman–Crippen LogP) is 3.32. The van der Waals surface area contributed by atoms with Crippen LogP contribution in [0.2, 0.25) is 0 Å². The molecule has 0 saturated heterocycles. The highest BCUT2D eigenvalue weighted by molar-refractivity contribution is 5.41. The Morgan fingerprint density at radius 3 is 2.88 bits per heavy atom. The van der Waals surface area contributed by atoms with Gasteiger partial charge >= 0.3 is 0 Å². The Balaban J connectivity index is 2.27. The highest BCUT2D eigenvalue weighted by Crippen LogP contribution is 2.35. The van der Waals surface area contributed by atoms with Gasteiger partial charge in [-0.25, -0.2) is 0 Å². The summed E-state index contributed by atoms with van der Waals surface area (Å²) in [6.07, 6.45) is 2.26. The Morgan fingerprint density at radius 1 is 1.35 bits per heavy atom. The highest BCUT2D eigenvalue weighted by Gasteiger charge is 2.27. The number of fused-ring (bicyclic) bond motifs is 1. The van der Waals surface area contributed by atoms with Crippen molar-refractivity contribution in [2.45, 2.75) is 39.7 Å². The fraction of sp³-hybridized carbons (Fsp3) is 0.600. The van der Waals surface area contributed by atoms with Crippen LogP contribution in [-0.2, 0) is 6.42 Å². The van der Waals surface area contributed by atoms with E-state index in [-0.39, 0.29) is 0 Å². The molecular formula is C15H23NO. The molecule has 0 spiro atoms. The molecule has 0 saturated carbocycles. The number of ether oxygens (including phenoxy) is 1. The van der Waals surface area contributed by atoms with Crippen LogP contribution in [0.4, 0.5) is 0 Å². The van der Waals surface area contributed by atoms with Gasteiger partial charge in [-0.05, 0) is 31.0 Å².